The van der Waals surface area contributed by atoms with Crippen LogP contribution < -0.4 is 0 Å². The summed E-state index contributed by atoms with van der Waals surface area (Å²) in [7, 11) is 2.21. The van der Waals surface area contributed by atoms with E-state index in [1.54, 1.807) is 0 Å². The quantitative estimate of drug-likeness (QED) is 0.0390. The van der Waals surface area contributed by atoms with Crippen LogP contribution in [0.2, 0.25) is 0 Å². The van der Waals surface area contributed by atoms with Gasteiger partial charge in [0.1, 0.15) is 6.10 Å². The SMILES string of the molecule is CCCCCC=CCCCC(OC(=O)CCCCN(C)CCCC)C(CCCCCCCCCC)CCCCCCCCCC. The van der Waals surface area contributed by atoms with E-state index in [9.17, 15) is 4.79 Å². The Labute approximate surface area is 284 Å². The van der Waals surface area contributed by atoms with Crippen molar-refractivity contribution in [2.45, 2.75) is 226 Å². The highest BCUT2D eigenvalue weighted by Gasteiger charge is 2.24. The lowest BCUT2D eigenvalue weighted by molar-refractivity contribution is -0.153. The number of hydrogen-bond acceptors (Lipinski definition) is 3. The van der Waals surface area contributed by atoms with Gasteiger partial charge in [-0.25, -0.2) is 0 Å². The fourth-order valence-corrected chi connectivity index (χ4v) is 6.59. The molecule has 0 rings (SSSR count). The van der Waals surface area contributed by atoms with Crippen LogP contribution in [-0.2, 0) is 9.53 Å². The summed E-state index contributed by atoms with van der Waals surface area (Å²) in [5, 5.41) is 0. The second-order valence-electron chi connectivity index (χ2n) is 14.3. The van der Waals surface area contributed by atoms with Crippen LogP contribution in [0.15, 0.2) is 12.2 Å². The maximum Gasteiger partial charge on any atom is 0.306 e. The Bertz CT molecular complexity index is 598. The molecule has 0 saturated carbocycles. The molecule has 0 spiro atoms. The summed E-state index contributed by atoms with van der Waals surface area (Å²) in [5.41, 5.74) is 0. The summed E-state index contributed by atoms with van der Waals surface area (Å²) in [4.78, 5) is 15.6. The molecule has 268 valence electrons. The zero-order valence-electron chi connectivity index (χ0n) is 31.7. The molecule has 0 fully saturated rings. The molecule has 0 N–H and O–H groups in total. The molecule has 3 heteroatoms. The smallest absolute Gasteiger partial charge is 0.306 e. The van der Waals surface area contributed by atoms with Gasteiger partial charge in [-0.1, -0.05) is 162 Å². The van der Waals surface area contributed by atoms with Gasteiger partial charge in [0.2, 0.25) is 0 Å². The van der Waals surface area contributed by atoms with Gasteiger partial charge in [-0.3, -0.25) is 4.79 Å². The Morgan fingerprint density at radius 1 is 0.511 bits per heavy atom. The van der Waals surface area contributed by atoms with E-state index < -0.39 is 0 Å². The zero-order valence-corrected chi connectivity index (χ0v) is 31.7. The van der Waals surface area contributed by atoms with E-state index >= 15 is 0 Å². The van der Waals surface area contributed by atoms with Crippen molar-refractivity contribution in [1.29, 1.82) is 0 Å². The van der Waals surface area contributed by atoms with Gasteiger partial charge in [0.15, 0.2) is 0 Å². The standard InChI is InChI=1S/C42H83NO2/c1-6-10-14-17-20-23-26-29-34-40(35-30-27-24-21-18-15-11-7-2)41(36-31-28-25-22-19-16-12-8-3)45-42(44)37-32-33-39-43(5)38-13-9-4/h22,25,40-41H,6-21,23-24,26-39H2,1-5H3. The summed E-state index contributed by atoms with van der Waals surface area (Å²) in [6.07, 6.45) is 42.7. The molecule has 0 aliphatic heterocycles. The Morgan fingerprint density at radius 2 is 0.956 bits per heavy atom. The van der Waals surface area contributed by atoms with Crippen LogP contribution >= 0.6 is 0 Å². The molecule has 0 amide bonds. The highest BCUT2D eigenvalue weighted by Crippen LogP contribution is 2.28. The molecule has 0 radical (unpaired) electrons. The summed E-state index contributed by atoms with van der Waals surface area (Å²) in [6, 6.07) is 0. The monoisotopic (exact) mass is 634 g/mol. The lowest BCUT2D eigenvalue weighted by Crippen LogP contribution is -2.28. The van der Waals surface area contributed by atoms with E-state index in [-0.39, 0.29) is 12.1 Å². The predicted molar refractivity (Wildman–Crippen MR) is 201 cm³/mol. The summed E-state index contributed by atoms with van der Waals surface area (Å²) < 4.78 is 6.41. The molecule has 0 aromatic carbocycles. The van der Waals surface area contributed by atoms with Crippen LogP contribution in [0.25, 0.3) is 0 Å². The number of hydrogen-bond donors (Lipinski definition) is 0. The zero-order chi connectivity index (χ0) is 33.1. The van der Waals surface area contributed by atoms with Crippen LogP contribution in [0.4, 0.5) is 0 Å². The minimum absolute atomic E-state index is 0.0585. The third-order valence-corrected chi connectivity index (χ3v) is 9.73. The largest absolute Gasteiger partial charge is 0.462 e. The van der Waals surface area contributed by atoms with E-state index in [0.29, 0.717) is 12.3 Å². The van der Waals surface area contributed by atoms with Crippen molar-refractivity contribution in [3.05, 3.63) is 12.2 Å². The van der Waals surface area contributed by atoms with Gasteiger partial charge in [0.25, 0.3) is 0 Å². The highest BCUT2D eigenvalue weighted by molar-refractivity contribution is 5.69. The molecule has 3 nitrogen and oxygen atoms in total. The topological polar surface area (TPSA) is 29.5 Å². The van der Waals surface area contributed by atoms with Crippen molar-refractivity contribution in [3.8, 4) is 0 Å². The number of allylic oxidation sites excluding steroid dienone is 2. The fraction of sp³-hybridized carbons (Fsp3) is 0.929. The van der Waals surface area contributed by atoms with E-state index in [1.165, 1.54) is 154 Å². The normalized spacial score (nSPS) is 12.6. The second-order valence-corrected chi connectivity index (χ2v) is 14.3. The fourth-order valence-electron chi connectivity index (χ4n) is 6.59. The first-order chi connectivity index (χ1) is 22.1. The first-order valence-electron chi connectivity index (χ1n) is 20.6. The highest BCUT2D eigenvalue weighted by atomic mass is 16.5. The maximum absolute atomic E-state index is 13.2. The van der Waals surface area contributed by atoms with E-state index in [1.807, 2.05) is 0 Å². The molecule has 0 aliphatic rings. The molecule has 0 saturated heterocycles. The summed E-state index contributed by atoms with van der Waals surface area (Å²) in [6.45, 7) is 11.4. The average molecular weight is 634 g/mol. The number of nitrogens with zero attached hydrogens (tertiary/aromatic N) is 1. The van der Waals surface area contributed by atoms with Crippen LogP contribution in [-0.4, -0.2) is 37.1 Å². The average Bonchev–Trinajstić information content (AvgIpc) is 3.04. The third-order valence-electron chi connectivity index (χ3n) is 9.73. The van der Waals surface area contributed by atoms with Crippen molar-refractivity contribution in [3.63, 3.8) is 0 Å². The van der Waals surface area contributed by atoms with Crippen molar-refractivity contribution in [2.75, 3.05) is 20.1 Å². The Hall–Kier alpha value is -0.830. The molecule has 0 aliphatic carbocycles. The van der Waals surface area contributed by atoms with Crippen molar-refractivity contribution < 1.29 is 9.53 Å². The molecular weight excluding hydrogens is 550 g/mol. The van der Waals surface area contributed by atoms with Gasteiger partial charge in [-0.15, -0.1) is 0 Å². The van der Waals surface area contributed by atoms with Crippen molar-refractivity contribution in [2.24, 2.45) is 5.92 Å². The van der Waals surface area contributed by atoms with E-state index in [0.717, 1.165) is 45.2 Å². The second kappa shape index (κ2) is 36.0. The molecule has 45 heavy (non-hydrogen) atoms. The third kappa shape index (κ3) is 31.5. The number of ether oxygens (including phenoxy) is 1. The van der Waals surface area contributed by atoms with Gasteiger partial charge < -0.3 is 9.64 Å². The van der Waals surface area contributed by atoms with Gasteiger partial charge in [0.05, 0.1) is 0 Å². The summed E-state index contributed by atoms with van der Waals surface area (Å²) in [5.74, 6) is 0.589. The maximum atomic E-state index is 13.2. The minimum Gasteiger partial charge on any atom is -0.462 e. The molecule has 1 unspecified atom stereocenters. The minimum atomic E-state index is 0.0585. The lowest BCUT2D eigenvalue weighted by Gasteiger charge is -2.28. The van der Waals surface area contributed by atoms with Gasteiger partial charge >= 0.3 is 5.97 Å². The number of unbranched alkanes of at least 4 members (excludes halogenated alkanes) is 20. The Balaban J connectivity index is 5.06. The van der Waals surface area contributed by atoms with E-state index in [4.69, 9.17) is 4.74 Å². The lowest BCUT2D eigenvalue weighted by atomic mass is 9.87. The molecular formula is C42H83NO2. The molecule has 0 heterocycles. The number of carbonyl (C=O) groups is 1. The van der Waals surface area contributed by atoms with Crippen LogP contribution in [0, 0.1) is 5.92 Å². The van der Waals surface area contributed by atoms with Crippen molar-refractivity contribution in [1.82, 2.24) is 4.90 Å². The van der Waals surface area contributed by atoms with Crippen molar-refractivity contribution >= 4 is 5.97 Å². The van der Waals surface area contributed by atoms with Gasteiger partial charge in [0, 0.05) is 6.42 Å². The predicted octanol–water partition coefficient (Wildman–Crippen LogP) is 13.8. The molecule has 1 atom stereocenters. The summed E-state index contributed by atoms with van der Waals surface area (Å²) >= 11 is 0. The number of carbonyl (C=O) groups excluding carboxylic acids is 1. The van der Waals surface area contributed by atoms with Crippen LogP contribution in [0.3, 0.4) is 0 Å². The van der Waals surface area contributed by atoms with E-state index in [2.05, 4.69) is 51.8 Å². The van der Waals surface area contributed by atoms with Gasteiger partial charge in [-0.2, -0.15) is 0 Å². The van der Waals surface area contributed by atoms with Gasteiger partial charge in [-0.05, 0) is 90.3 Å². The Morgan fingerprint density at radius 3 is 1.49 bits per heavy atom. The number of rotatable bonds is 36. The van der Waals surface area contributed by atoms with Crippen LogP contribution in [0.1, 0.15) is 220 Å². The van der Waals surface area contributed by atoms with Crippen LogP contribution in [0.5, 0.6) is 0 Å². The Kier molecular flexibility index (Phi) is 35.3. The molecule has 0 bridgehead atoms. The number of esters is 1. The molecule has 0 aromatic heterocycles. The first-order valence-corrected chi connectivity index (χ1v) is 20.6. The molecule has 0 aromatic rings. The first kappa shape index (κ1) is 44.2.